The van der Waals surface area contributed by atoms with Crippen molar-refractivity contribution >= 4 is 28.4 Å². The van der Waals surface area contributed by atoms with Gasteiger partial charge in [0.05, 0.1) is 0 Å². The molecule has 3 heteroatoms. The van der Waals surface area contributed by atoms with Gasteiger partial charge in [0.15, 0.2) is 0 Å². The molecule has 0 unspecified atom stereocenters. The Labute approximate surface area is 104 Å². The fraction of sp³-hybridized carbons (Fsp3) is 1.00. The van der Waals surface area contributed by atoms with Crippen LogP contribution in [0.2, 0.25) is 0 Å². The maximum absolute atomic E-state index is 6.80. The van der Waals surface area contributed by atoms with E-state index in [1.807, 2.05) is 0 Å². The van der Waals surface area contributed by atoms with Crippen LogP contribution < -0.4 is 0 Å². The van der Waals surface area contributed by atoms with E-state index in [2.05, 4.69) is 0 Å². The number of halogens is 2. The van der Waals surface area contributed by atoms with Gasteiger partial charge in [-0.05, 0) is 0 Å². The van der Waals surface area contributed by atoms with Gasteiger partial charge in [-0.15, -0.1) is 0 Å². The van der Waals surface area contributed by atoms with Crippen LogP contribution in [-0.4, -0.2) is 11.3 Å². The average molecular weight is 269 g/mol. The Morgan fingerprint density at radius 2 is 0.933 bits per heavy atom. The van der Waals surface area contributed by atoms with Gasteiger partial charge in [0.25, 0.3) is 0 Å². The minimum atomic E-state index is -1.96. The molecular weight excluding hydrogens is 246 g/mol. The van der Waals surface area contributed by atoms with Crippen LogP contribution in [-0.2, 0) is 0 Å². The van der Waals surface area contributed by atoms with Crippen molar-refractivity contribution in [1.82, 2.24) is 0 Å². The SMILES string of the molecule is Cl[PH](Cl)(C1CCCCC1)C1CCCCC1. The summed E-state index contributed by atoms with van der Waals surface area (Å²) in [7, 11) is 0. The first-order valence-corrected chi connectivity index (χ1v) is 10.8. The van der Waals surface area contributed by atoms with E-state index in [-0.39, 0.29) is 0 Å². The zero-order valence-electron chi connectivity index (χ0n) is 9.48. The summed E-state index contributed by atoms with van der Waals surface area (Å²) in [6, 6.07) is 0. The standard InChI is InChI=1S/C12H23Cl2P/c13-15(14,11-7-3-1-4-8-11)12-9-5-2-6-10-12/h11-12,15H,1-10H2. The van der Waals surface area contributed by atoms with E-state index in [4.69, 9.17) is 22.5 Å². The number of hydrogen-bond donors (Lipinski definition) is 0. The van der Waals surface area contributed by atoms with Crippen LogP contribution in [0.5, 0.6) is 0 Å². The Balaban J connectivity index is 1.96. The summed E-state index contributed by atoms with van der Waals surface area (Å²) in [6.45, 7) is 0. The third-order valence-corrected chi connectivity index (χ3v) is 11.3. The van der Waals surface area contributed by atoms with E-state index in [0.29, 0.717) is 11.3 Å². The van der Waals surface area contributed by atoms with E-state index < -0.39 is 5.97 Å². The van der Waals surface area contributed by atoms with Crippen LogP contribution in [0.4, 0.5) is 0 Å². The second kappa shape index (κ2) is 5.56. The van der Waals surface area contributed by atoms with E-state index in [1.165, 1.54) is 64.2 Å². The van der Waals surface area contributed by atoms with Gasteiger partial charge in [0.1, 0.15) is 0 Å². The predicted octanol–water partition coefficient (Wildman–Crippen LogP) is 5.71. The van der Waals surface area contributed by atoms with Gasteiger partial charge in [0.2, 0.25) is 0 Å². The Kier molecular flexibility index (Phi) is 4.62. The molecule has 0 amide bonds. The molecule has 0 saturated heterocycles. The molecule has 2 fully saturated rings. The summed E-state index contributed by atoms with van der Waals surface area (Å²) in [4.78, 5) is 0. The van der Waals surface area contributed by atoms with Gasteiger partial charge >= 0.3 is 104 Å². The molecule has 0 atom stereocenters. The summed E-state index contributed by atoms with van der Waals surface area (Å²) in [5.41, 5.74) is 1.41. The van der Waals surface area contributed by atoms with Crippen LogP contribution in [0.3, 0.4) is 0 Å². The minimum absolute atomic E-state index is 0.706. The fourth-order valence-corrected chi connectivity index (χ4v) is 8.95. The third-order valence-electron chi connectivity index (χ3n) is 4.30. The molecule has 0 nitrogen and oxygen atoms in total. The molecule has 90 valence electrons. The van der Waals surface area contributed by atoms with Gasteiger partial charge in [0, 0.05) is 0 Å². The Morgan fingerprint density at radius 3 is 1.27 bits per heavy atom. The van der Waals surface area contributed by atoms with Crippen molar-refractivity contribution in [3.8, 4) is 0 Å². The predicted molar refractivity (Wildman–Crippen MR) is 73.8 cm³/mol. The molecular formula is C12H23Cl2P. The first kappa shape index (κ1) is 12.5. The summed E-state index contributed by atoms with van der Waals surface area (Å²) >= 11 is 13.6. The van der Waals surface area contributed by atoms with Crippen molar-refractivity contribution in [3.05, 3.63) is 0 Å². The van der Waals surface area contributed by atoms with Gasteiger partial charge < -0.3 is 0 Å². The van der Waals surface area contributed by atoms with Crippen LogP contribution in [0.25, 0.3) is 0 Å². The van der Waals surface area contributed by atoms with Crippen LogP contribution in [0.1, 0.15) is 64.2 Å². The van der Waals surface area contributed by atoms with Crippen molar-refractivity contribution in [3.63, 3.8) is 0 Å². The molecule has 0 radical (unpaired) electrons. The average Bonchev–Trinajstić information content (AvgIpc) is 2.31. The van der Waals surface area contributed by atoms with E-state index in [1.54, 1.807) is 0 Å². The van der Waals surface area contributed by atoms with Crippen molar-refractivity contribution in [2.45, 2.75) is 75.5 Å². The molecule has 0 aromatic heterocycles. The van der Waals surface area contributed by atoms with Gasteiger partial charge in [-0.3, -0.25) is 0 Å². The third kappa shape index (κ3) is 3.02. The molecule has 2 rings (SSSR count). The Bertz CT molecular complexity index is 174. The van der Waals surface area contributed by atoms with E-state index >= 15 is 0 Å². The maximum atomic E-state index is 6.80. The van der Waals surface area contributed by atoms with Crippen LogP contribution >= 0.6 is 28.4 Å². The topological polar surface area (TPSA) is 0 Å². The zero-order chi connectivity index (χ0) is 10.7. The van der Waals surface area contributed by atoms with Crippen molar-refractivity contribution < 1.29 is 0 Å². The zero-order valence-corrected chi connectivity index (χ0v) is 12.0. The summed E-state index contributed by atoms with van der Waals surface area (Å²) in [5, 5.41) is 0. The fourth-order valence-electron chi connectivity index (χ4n) is 3.31. The van der Waals surface area contributed by atoms with Crippen molar-refractivity contribution in [2.24, 2.45) is 0 Å². The van der Waals surface area contributed by atoms with Crippen LogP contribution in [0, 0.1) is 0 Å². The molecule has 2 aliphatic carbocycles. The molecule has 2 saturated carbocycles. The monoisotopic (exact) mass is 268 g/mol. The number of hydrogen-bond acceptors (Lipinski definition) is 0. The molecule has 0 heterocycles. The Morgan fingerprint density at radius 1 is 0.600 bits per heavy atom. The normalized spacial score (nSPS) is 27.9. The molecule has 0 bridgehead atoms. The molecule has 15 heavy (non-hydrogen) atoms. The first-order chi connectivity index (χ1) is 7.21. The molecule has 2 aliphatic rings. The van der Waals surface area contributed by atoms with Crippen molar-refractivity contribution in [2.75, 3.05) is 0 Å². The summed E-state index contributed by atoms with van der Waals surface area (Å²) in [5.74, 6) is -1.96. The quantitative estimate of drug-likeness (QED) is 0.563. The van der Waals surface area contributed by atoms with Crippen molar-refractivity contribution in [1.29, 1.82) is 0 Å². The van der Waals surface area contributed by atoms with Gasteiger partial charge in [-0.2, -0.15) is 0 Å². The Hall–Kier alpha value is 1.01. The summed E-state index contributed by atoms with van der Waals surface area (Å²) in [6.07, 6.45) is 13.5. The number of rotatable bonds is 2. The van der Waals surface area contributed by atoms with E-state index in [0.717, 1.165) is 0 Å². The second-order valence-corrected chi connectivity index (χ2v) is 12.7. The molecule has 0 aromatic carbocycles. The summed E-state index contributed by atoms with van der Waals surface area (Å²) < 4.78 is 0. The van der Waals surface area contributed by atoms with E-state index in [9.17, 15) is 0 Å². The first-order valence-electron chi connectivity index (χ1n) is 6.59. The molecule has 0 spiro atoms. The molecule has 0 aromatic rings. The second-order valence-electron chi connectivity index (χ2n) is 5.34. The molecule has 0 aliphatic heterocycles. The van der Waals surface area contributed by atoms with Gasteiger partial charge in [-0.1, -0.05) is 0 Å². The molecule has 0 N–H and O–H groups in total. The van der Waals surface area contributed by atoms with Gasteiger partial charge in [-0.25, -0.2) is 0 Å². The van der Waals surface area contributed by atoms with Crippen LogP contribution in [0.15, 0.2) is 0 Å².